The minimum Gasteiger partial charge on any atom is -0.359 e. The first kappa shape index (κ1) is 17.8. The highest BCUT2D eigenvalue weighted by Gasteiger charge is 2.38. The van der Waals surface area contributed by atoms with Crippen LogP contribution in [0.4, 0.5) is 19.1 Å². The van der Waals surface area contributed by atoms with Crippen molar-refractivity contribution in [2.75, 3.05) is 18.8 Å². The molecule has 0 aromatic carbocycles. The molecule has 0 aliphatic carbocycles. The van der Waals surface area contributed by atoms with Crippen LogP contribution in [0, 0.1) is 0 Å². The quantitative estimate of drug-likeness (QED) is 0.327. The molecule has 0 atom stereocenters. The summed E-state index contributed by atoms with van der Waals surface area (Å²) in [6, 6.07) is 0. The molecule has 0 saturated carbocycles. The third kappa shape index (κ3) is 5.62. The first-order chi connectivity index (χ1) is 10.4. The third-order valence-electron chi connectivity index (χ3n) is 2.94. The summed E-state index contributed by atoms with van der Waals surface area (Å²) in [5.41, 5.74) is 5.90. The van der Waals surface area contributed by atoms with E-state index < -0.39 is 12.1 Å². The molecule has 0 aliphatic rings. The van der Waals surface area contributed by atoms with Crippen molar-refractivity contribution in [2.45, 2.75) is 32.1 Å². The van der Waals surface area contributed by atoms with Gasteiger partial charge in [-0.1, -0.05) is 0 Å². The van der Waals surface area contributed by atoms with Crippen molar-refractivity contribution in [3.05, 3.63) is 12.4 Å². The number of nitrogens with zero attached hydrogens (tertiary/aromatic N) is 2. The summed E-state index contributed by atoms with van der Waals surface area (Å²) in [4.78, 5) is 20.7. The summed E-state index contributed by atoms with van der Waals surface area (Å²) in [6.07, 6.45) is 0.269. The second-order valence-electron chi connectivity index (χ2n) is 4.58. The molecule has 0 saturated heterocycles. The average Bonchev–Trinajstić information content (AvgIpc) is 2.79. The van der Waals surface area contributed by atoms with Crippen LogP contribution in [0.3, 0.4) is 0 Å². The predicted molar refractivity (Wildman–Crippen MR) is 71.4 cm³/mol. The molecule has 2 amide bonds. The maximum Gasteiger partial charge on any atom is 0.471 e. The van der Waals surface area contributed by atoms with E-state index >= 15 is 0 Å². The van der Waals surface area contributed by atoms with Crippen LogP contribution in [0.25, 0.3) is 0 Å². The lowest BCUT2D eigenvalue weighted by atomic mass is 10.4. The minimum atomic E-state index is -4.86. The summed E-state index contributed by atoms with van der Waals surface area (Å²) in [5.74, 6) is -1.47. The van der Waals surface area contributed by atoms with Crippen LogP contribution < -0.4 is 20.9 Å². The number of imidazole rings is 1. The van der Waals surface area contributed by atoms with Crippen LogP contribution in [-0.4, -0.2) is 36.2 Å². The third-order valence-corrected chi connectivity index (χ3v) is 2.94. The number of nitrogen functional groups attached to an aromatic ring is 1. The van der Waals surface area contributed by atoms with Gasteiger partial charge < -0.3 is 10.6 Å². The number of hydrogen-bond donors (Lipinski definition) is 3. The van der Waals surface area contributed by atoms with Gasteiger partial charge in [0.1, 0.15) is 0 Å². The molecule has 0 unspecified atom stereocenters. The van der Waals surface area contributed by atoms with Crippen LogP contribution in [0.2, 0.25) is 0 Å². The Labute approximate surface area is 125 Å². The number of nitrogens with one attached hydrogen (secondary N) is 2. The molecule has 4 N–H and O–H groups in total. The van der Waals surface area contributed by atoms with Gasteiger partial charge in [0, 0.05) is 13.1 Å². The number of anilines is 1. The number of aromatic nitrogens is 2. The number of alkyl halides is 3. The molecule has 124 valence electrons. The lowest BCUT2D eigenvalue weighted by Crippen LogP contribution is -2.38. The SMILES string of the molecule is Nc1n(CCCNC(=O)C(F)(F)F)cc[n+]1CCCNC=O. The second kappa shape index (κ2) is 8.25. The lowest BCUT2D eigenvalue weighted by molar-refractivity contribution is -0.682. The molecule has 22 heavy (non-hydrogen) atoms. The molecule has 0 radical (unpaired) electrons. The van der Waals surface area contributed by atoms with Gasteiger partial charge in [-0.25, -0.2) is 9.13 Å². The van der Waals surface area contributed by atoms with Gasteiger partial charge in [0.15, 0.2) is 0 Å². The number of halogens is 3. The molecule has 1 aromatic heterocycles. The van der Waals surface area contributed by atoms with Crippen LogP contribution in [0.5, 0.6) is 0 Å². The molecule has 10 heteroatoms. The van der Waals surface area contributed by atoms with Gasteiger partial charge in [-0.3, -0.25) is 15.3 Å². The second-order valence-corrected chi connectivity index (χ2v) is 4.58. The van der Waals surface area contributed by atoms with E-state index in [1.54, 1.807) is 26.8 Å². The summed E-state index contributed by atoms with van der Waals surface area (Å²) in [6.45, 7) is 1.46. The molecule has 0 bridgehead atoms. The normalized spacial score (nSPS) is 11.2. The van der Waals surface area contributed by atoms with E-state index in [2.05, 4.69) is 5.32 Å². The smallest absolute Gasteiger partial charge is 0.359 e. The summed E-state index contributed by atoms with van der Waals surface area (Å²) >= 11 is 0. The maximum absolute atomic E-state index is 12.0. The van der Waals surface area contributed by atoms with E-state index in [1.807, 2.05) is 0 Å². The van der Waals surface area contributed by atoms with Crippen LogP contribution in [-0.2, 0) is 22.7 Å². The zero-order valence-electron chi connectivity index (χ0n) is 11.9. The molecule has 1 heterocycles. The zero-order chi connectivity index (χ0) is 16.6. The Morgan fingerprint density at radius 2 is 2.09 bits per heavy atom. The van der Waals surface area contributed by atoms with Gasteiger partial charge in [-0.05, 0) is 12.8 Å². The highest BCUT2D eigenvalue weighted by Crippen LogP contribution is 2.13. The molecular formula is C12H19F3N5O2+. The van der Waals surface area contributed by atoms with Crippen molar-refractivity contribution in [2.24, 2.45) is 0 Å². The Balaban J connectivity index is 2.33. The number of amides is 2. The fourth-order valence-corrected chi connectivity index (χ4v) is 1.82. The molecule has 0 fully saturated rings. The number of carbonyl (C=O) groups is 2. The van der Waals surface area contributed by atoms with E-state index in [0.717, 1.165) is 0 Å². The van der Waals surface area contributed by atoms with Crippen molar-refractivity contribution in [3.63, 3.8) is 0 Å². The number of aryl methyl sites for hydroxylation is 2. The zero-order valence-corrected chi connectivity index (χ0v) is 11.9. The molecular weight excluding hydrogens is 303 g/mol. The van der Waals surface area contributed by atoms with Crippen molar-refractivity contribution in [1.82, 2.24) is 15.2 Å². The van der Waals surface area contributed by atoms with Gasteiger partial charge >= 0.3 is 18.0 Å². The first-order valence-corrected chi connectivity index (χ1v) is 6.72. The fourth-order valence-electron chi connectivity index (χ4n) is 1.82. The van der Waals surface area contributed by atoms with Crippen molar-refractivity contribution < 1.29 is 27.3 Å². The Bertz CT molecular complexity index is 501. The van der Waals surface area contributed by atoms with Gasteiger partial charge in [-0.2, -0.15) is 13.2 Å². The number of rotatable bonds is 9. The summed E-state index contributed by atoms with van der Waals surface area (Å²) in [5, 5.41) is 4.34. The number of nitrogens with two attached hydrogens (primary N) is 1. The summed E-state index contributed by atoms with van der Waals surface area (Å²) < 4.78 is 39.4. The molecule has 0 spiro atoms. The van der Waals surface area contributed by atoms with Crippen LogP contribution >= 0.6 is 0 Å². The molecule has 1 rings (SSSR count). The van der Waals surface area contributed by atoms with E-state index in [0.29, 0.717) is 44.8 Å². The largest absolute Gasteiger partial charge is 0.471 e. The van der Waals surface area contributed by atoms with E-state index in [9.17, 15) is 22.8 Å². The minimum absolute atomic E-state index is 0.0841. The van der Waals surface area contributed by atoms with Crippen LogP contribution in [0.15, 0.2) is 12.4 Å². The Hall–Kier alpha value is -2.26. The van der Waals surface area contributed by atoms with Gasteiger partial charge in [0.2, 0.25) is 6.41 Å². The number of carbonyl (C=O) groups excluding carboxylic acids is 2. The van der Waals surface area contributed by atoms with E-state index in [1.165, 1.54) is 0 Å². The predicted octanol–water partition coefficient (Wildman–Crippen LogP) is -0.437. The van der Waals surface area contributed by atoms with Crippen molar-refractivity contribution in [3.8, 4) is 0 Å². The van der Waals surface area contributed by atoms with Gasteiger partial charge in [0.25, 0.3) is 0 Å². The Morgan fingerprint density at radius 3 is 2.73 bits per heavy atom. The molecule has 7 nitrogen and oxygen atoms in total. The van der Waals surface area contributed by atoms with Gasteiger partial charge in [-0.15, -0.1) is 0 Å². The average molecular weight is 322 g/mol. The van der Waals surface area contributed by atoms with Crippen molar-refractivity contribution in [1.29, 1.82) is 0 Å². The van der Waals surface area contributed by atoms with Gasteiger partial charge in [0.05, 0.1) is 25.5 Å². The highest BCUT2D eigenvalue weighted by atomic mass is 19.4. The monoisotopic (exact) mass is 322 g/mol. The van der Waals surface area contributed by atoms with Crippen molar-refractivity contribution >= 4 is 18.3 Å². The Kier molecular flexibility index (Phi) is 6.67. The topological polar surface area (TPSA) is 93.0 Å². The van der Waals surface area contributed by atoms with Crippen LogP contribution in [0.1, 0.15) is 12.8 Å². The molecule has 0 aliphatic heterocycles. The van der Waals surface area contributed by atoms with E-state index in [-0.39, 0.29) is 6.54 Å². The maximum atomic E-state index is 12.0. The molecule has 1 aromatic rings. The standard InChI is InChI=1S/C12H18F3N5O2/c13-12(14,15)10(22)18-4-2-6-20-8-7-19(11(20)16)5-1-3-17-9-21/h7-9,16H,1-6H2,(H2,17,18,21,22)/p+1. The first-order valence-electron chi connectivity index (χ1n) is 6.72. The Morgan fingerprint density at radius 1 is 1.36 bits per heavy atom. The lowest BCUT2D eigenvalue weighted by Gasteiger charge is -2.07. The number of hydrogen-bond acceptors (Lipinski definition) is 3. The summed E-state index contributed by atoms with van der Waals surface area (Å²) in [7, 11) is 0. The van der Waals surface area contributed by atoms with E-state index in [4.69, 9.17) is 5.73 Å². The fraction of sp³-hybridized carbons (Fsp3) is 0.583. The highest BCUT2D eigenvalue weighted by molar-refractivity contribution is 5.81.